The van der Waals surface area contributed by atoms with Gasteiger partial charge >= 0.3 is 5.97 Å². The van der Waals surface area contributed by atoms with Gasteiger partial charge in [-0.3, -0.25) is 9.59 Å². The largest absolute Gasteiger partial charge is 0.341 e. The Morgan fingerprint density at radius 3 is 1.94 bits per heavy atom. The number of carbonyl (C=O) groups is 3. The van der Waals surface area contributed by atoms with Crippen LogP contribution in [0.25, 0.3) is 32.9 Å². The van der Waals surface area contributed by atoms with Gasteiger partial charge in [0, 0.05) is 57.4 Å². The molecule has 0 bridgehead atoms. The van der Waals surface area contributed by atoms with Crippen molar-refractivity contribution in [3.8, 4) is 11.1 Å². The van der Waals surface area contributed by atoms with Crippen LogP contribution in [0.1, 0.15) is 124 Å². The first-order valence-electron chi connectivity index (χ1n) is 18.3. The Balaban J connectivity index is 1.42. The van der Waals surface area contributed by atoms with Gasteiger partial charge in [0.1, 0.15) is 5.71 Å². The first kappa shape index (κ1) is 35.0. The molecule has 5 aromatic rings. The number of fused-ring (bicyclic) bond motifs is 6. The molecule has 0 atom stereocenters. The van der Waals surface area contributed by atoms with E-state index in [9.17, 15) is 14.4 Å². The van der Waals surface area contributed by atoms with E-state index in [0.29, 0.717) is 23.1 Å². The average Bonchev–Trinajstić information content (AvgIpc) is 3.59. The summed E-state index contributed by atoms with van der Waals surface area (Å²) in [6, 6.07) is 26.7. The molecule has 0 radical (unpaired) electrons. The molecule has 1 heterocycles. The first-order valence-corrected chi connectivity index (χ1v) is 18.3. The van der Waals surface area contributed by atoms with Gasteiger partial charge in [0.15, 0.2) is 5.78 Å². The molecule has 0 spiro atoms. The number of ketones is 2. The normalized spacial score (nSPS) is 13.5. The molecule has 0 unspecified atom stereocenters. The zero-order valence-corrected chi connectivity index (χ0v) is 30.3. The van der Waals surface area contributed by atoms with E-state index in [2.05, 4.69) is 66.9 Å². The molecule has 258 valence electrons. The van der Waals surface area contributed by atoms with Crippen LogP contribution in [0.5, 0.6) is 0 Å². The fourth-order valence-electron chi connectivity index (χ4n) is 7.96. The molecule has 1 aliphatic rings. The van der Waals surface area contributed by atoms with Gasteiger partial charge in [-0.05, 0) is 96.8 Å². The van der Waals surface area contributed by atoms with Gasteiger partial charge in [-0.15, -0.1) is 0 Å². The number of unbranched alkanes of at least 4 members (excludes halogenated alkanes) is 2. The van der Waals surface area contributed by atoms with Crippen molar-refractivity contribution in [2.45, 2.75) is 98.4 Å². The number of Topliss-reactive ketones (excluding diaryl/α,β-unsaturated/α-hetero) is 1. The van der Waals surface area contributed by atoms with Crippen LogP contribution in [0.15, 0.2) is 84.0 Å². The highest BCUT2D eigenvalue weighted by Gasteiger charge is 2.42. The van der Waals surface area contributed by atoms with Gasteiger partial charge in [-0.25, -0.2) is 4.79 Å². The number of carbonyl (C=O) groups excluding carboxylic acids is 3. The minimum atomic E-state index is -0.572. The van der Waals surface area contributed by atoms with E-state index in [0.717, 1.165) is 66.9 Å². The van der Waals surface area contributed by atoms with Crippen LogP contribution in [0.3, 0.4) is 0 Å². The zero-order chi connectivity index (χ0) is 35.6. The van der Waals surface area contributed by atoms with Crippen molar-refractivity contribution in [3.63, 3.8) is 0 Å². The van der Waals surface area contributed by atoms with Crippen LogP contribution in [-0.4, -0.2) is 27.8 Å². The van der Waals surface area contributed by atoms with E-state index in [1.54, 1.807) is 6.07 Å². The standard InChI is InChI=1S/C44H48N2O4/c1-7-10-22-44(23-11-8-2)37-15-13-12-14-33(37)34-25-30(16-19-38(34)44)42(48)31-17-20-40-35(26-31)36-27-32(18-21-41(36)46(40)9-3)43(49)39(24-28(4)5)45-50-29(6)47/h12-21,25-28H,7-11,22-24H2,1-6H3/b45-39+. The third kappa shape index (κ3) is 6.32. The van der Waals surface area contributed by atoms with Crippen LogP contribution in [-0.2, 0) is 21.6 Å². The van der Waals surface area contributed by atoms with Crippen LogP contribution in [0, 0.1) is 5.92 Å². The third-order valence-corrected chi connectivity index (χ3v) is 10.3. The summed E-state index contributed by atoms with van der Waals surface area (Å²) < 4.78 is 2.20. The minimum Gasteiger partial charge on any atom is -0.341 e. The lowest BCUT2D eigenvalue weighted by Gasteiger charge is -2.32. The predicted molar refractivity (Wildman–Crippen MR) is 203 cm³/mol. The molecule has 0 saturated carbocycles. The Labute approximate surface area is 295 Å². The maximum absolute atomic E-state index is 14.3. The van der Waals surface area contributed by atoms with Gasteiger partial charge in [0.2, 0.25) is 5.78 Å². The Kier molecular flexibility index (Phi) is 10.2. The Morgan fingerprint density at radius 1 is 0.740 bits per heavy atom. The topological polar surface area (TPSA) is 77.7 Å². The molecule has 6 heteroatoms. The highest BCUT2D eigenvalue weighted by Crippen LogP contribution is 2.54. The first-order chi connectivity index (χ1) is 24.1. The summed E-state index contributed by atoms with van der Waals surface area (Å²) in [6.07, 6.45) is 7.22. The number of hydrogen-bond donors (Lipinski definition) is 0. The van der Waals surface area contributed by atoms with Crippen molar-refractivity contribution >= 4 is 45.1 Å². The van der Waals surface area contributed by atoms with Crippen LogP contribution < -0.4 is 0 Å². The number of hydrogen-bond acceptors (Lipinski definition) is 5. The summed E-state index contributed by atoms with van der Waals surface area (Å²) in [5, 5.41) is 5.72. The van der Waals surface area contributed by atoms with E-state index >= 15 is 0 Å². The monoisotopic (exact) mass is 668 g/mol. The fraction of sp³-hybridized carbons (Fsp3) is 0.364. The average molecular weight is 669 g/mol. The number of nitrogens with zero attached hydrogens (tertiary/aromatic N) is 2. The van der Waals surface area contributed by atoms with E-state index in [4.69, 9.17) is 4.84 Å². The molecule has 0 amide bonds. The SMILES string of the molecule is CCCCC1(CCCC)c2ccccc2-c2cc(C(=O)c3ccc4c(c3)c3cc(C(=O)/C(CC(C)C)=N/OC(C)=O)ccc3n4CC)ccc21. The molecule has 1 aliphatic carbocycles. The number of benzene rings is 4. The van der Waals surface area contributed by atoms with Crippen molar-refractivity contribution in [1.82, 2.24) is 4.57 Å². The molecular weight excluding hydrogens is 620 g/mol. The van der Waals surface area contributed by atoms with Gasteiger partial charge < -0.3 is 9.40 Å². The Morgan fingerprint density at radius 2 is 1.32 bits per heavy atom. The molecule has 0 saturated heterocycles. The maximum Gasteiger partial charge on any atom is 0.331 e. The second kappa shape index (κ2) is 14.6. The molecule has 1 aromatic heterocycles. The van der Waals surface area contributed by atoms with Gasteiger partial charge in [-0.2, -0.15) is 0 Å². The Bertz CT molecular complexity index is 2130. The maximum atomic E-state index is 14.3. The number of rotatable bonds is 14. The van der Waals surface area contributed by atoms with Crippen LogP contribution >= 0.6 is 0 Å². The molecular formula is C44H48N2O4. The van der Waals surface area contributed by atoms with Crippen LogP contribution in [0.4, 0.5) is 0 Å². The Hall–Kier alpha value is -4.84. The van der Waals surface area contributed by atoms with Crippen molar-refractivity contribution in [1.29, 1.82) is 0 Å². The zero-order valence-electron chi connectivity index (χ0n) is 30.3. The third-order valence-electron chi connectivity index (χ3n) is 10.3. The van der Waals surface area contributed by atoms with Crippen LogP contribution in [0.2, 0.25) is 0 Å². The second-order valence-corrected chi connectivity index (χ2v) is 14.2. The quantitative estimate of drug-likeness (QED) is 0.0511. The van der Waals surface area contributed by atoms with Crippen molar-refractivity contribution in [3.05, 3.63) is 107 Å². The summed E-state index contributed by atoms with van der Waals surface area (Å²) in [7, 11) is 0. The van der Waals surface area contributed by atoms with E-state index in [1.807, 2.05) is 50.2 Å². The summed E-state index contributed by atoms with van der Waals surface area (Å²) in [4.78, 5) is 44.3. The number of oxime groups is 1. The second-order valence-electron chi connectivity index (χ2n) is 14.2. The minimum absolute atomic E-state index is 0.0203. The summed E-state index contributed by atoms with van der Waals surface area (Å²) >= 11 is 0. The fourth-order valence-corrected chi connectivity index (χ4v) is 7.96. The molecule has 6 rings (SSSR count). The van der Waals surface area contributed by atoms with Crippen molar-refractivity contribution in [2.24, 2.45) is 11.1 Å². The molecule has 0 fully saturated rings. The lowest BCUT2D eigenvalue weighted by Crippen LogP contribution is -2.25. The van der Waals surface area contributed by atoms with E-state index in [-0.39, 0.29) is 28.6 Å². The number of aromatic nitrogens is 1. The smallest absolute Gasteiger partial charge is 0.331 e. The lowest BCUT2D eigenvalue weighted by molar-refractivity contribution is -0.140. The molecule has 0 aliphatic heterocycles. The van der Waals surface area contributed by atoms with Gasteiger partial charge in [0.05, 0.1) is 0 Å². The van der Waals surface area contributed by atoms with Gasteiger partial charge in [0.25, 0.3) is 0 Å². The van der Waals surface area contributed by atoms with Crippen molar-refractivity contribution in [2.75, 3.05) is 0 Å². The highest BCUT2D eigenvalue weighted by molar-refractivity contribution is 6.46. The summed E-state index contributed by atoms with van der Waals surface area (Å²) in [5.41, 5.74) is 9.09. The molecule has 4 aromatic carbocycles. The summed E-state index contributed by atoms with van der Waals surface area (Å²) in [6.45, 7) is 12.6. The van der Waals surface area contributed by atoms with E-state index in [1.165, 1.54) is 29.2 Å². The van der Waals surface area contributed by atoms with Gasteiger partial charge in [-0.1, -0.05) is 94.9 Å². The highest BCUT2D eigenvalue weighted by atomic mass is 16.7. The van der Waals surface area contributed by atoms with E-state index < -0.39 is 5.97 Å². The molecule has 50 heavy (non-hydrogen) atoms. The molecule has 6 nitrogen and oxygen atoms in total. The van der Waals surface area contributed by atoms with Crippen molar-refractivity contribution < 1.29 is 19.2 Å². The summed E-state index contributed by atoms with van der Waals surface area (Å²) in [5.74, 6) is -0.731. The predicted octanol–water partition coefficient (Wildman–Crippen LogP) is 10.8. The molecule has 0 N–H and O–H groups in total. The number of aryl methyl sites for hydroxylation is 1. The lowest BCUT2D eigenvalue weighted by atomic mass is 9.71.